The van der Waals surface area contributed by atoms with E-state index >= 15 is 0 Å². The number of aryl methyl sites for hydroxylation is 1. The topological polar surface area (TPSA) is 42.2 Å². The van der Waals surface area contributed by atoms with Crippen LogP contribution in [0.15, 0.2) is 48.8 Å². The standard InChI is InChI=1S/C17H20N2O2/c1-3-4-14-9-11-19(12-10-14)13-17(20)18-15-5-7-16(21-2)8-6-15/h5-12H,3-4,13H2,1-2H3/p+1. The van der Waals surface area contributed by atoms with Crippen LogP contribution in [-0.4, -0.2) is 13.0 Å². The van der Waals surface area contributed by atoms with E-state index in [1.165, 1.54) is 5.56 Å². The van der Waals surface area contributed by atoms with Crippen molar-refractivity contribution in [3.8, 4) is 5.75 Å². The van der Waals surface area contributed by atoms with Crippen LogP contribution in [0, 0.1) is 0 Å². The minimum absolute atomic E-state index is 0.0478. The van der Waals surface area contributed by atoms with Gasteiger partial charge in [0, 0.05) is 17.8 Å². The van der Waals surface area contributed by atoms with Crippen molar-refractivity contribution in [2.45, 2.75) is 26.3 Å². The fourth-order valence-corrected chi connectivity index (χ4v) is 2.09. The molecule has 0 fully saturated rings. The molecule has 2 aromatic rings. The average Bonchev–Trinajstić information content (AvgIpc) is 2.50. The summed E-state index contributed by atoms with van der Waals surface area (Å²) in [5.41, 5.74) is 2.06. The molecule has 2 rings (SSSR count). The van der Waals surface area contributed by atoms with Gasteiger partial charge in [0.15, 0.2) is 12.4 Å². The van der Waals surface area contributed by atoms with E-state index in [4.69, 9.17) is 4.74 Å². The molecule has 0 unspecified atom stereocenters. The Morgan fingerprint density at radius 1 is 1.14 bits per heavy atom. The minimum atomic E-state index is -0.0478. The number of anilines is 1. The number of carbonyl (C=O) groups is 1. The summed E-state index contributed by atoms with van der Waals surface area (Å²) in [4.78, 5) is 12.0. The highest BCUT2D eigenvalue weighted by Gasteiger charge is 2.09. The van der Waals surface area contributed by atoms with Crippen LogP contribution in [0.5, 0.6) is 5.75 Å². The highest BCUT2D eigenvalue weighted by atomic mass is 16.5. The predicted octanol–water partition coefficient (Wildman–Crippen LogP) is 2.57. The maximum atomic E-state index is 12.0. The largest absolute Gasteiger partial charge is 0.497 e. The first-order chi connectivity index (χ1) is 10.2. The Labute approximate surface area is 125 Å². The van der Waals surface area contributed by atoms with Gasteiger partial charge >= 0.3 is 0 Å². The van der Waals surface area contributed by atoms with Gasteiger partial charge < -0.3 is 10.1 Å². The number of aromatic nitrogens is 1. The Morgan fingerprint density at radius 3 is 2.38 bits per heavy atom. The van der Waals surface area contributed by atoms with Crippen molar-refractivity contribution in [1.82, 2.24) is 0 Å². The molecule has 0 spiro atoms. The van der Waals surface area contributed by atoms with Crippen molar-refractivity contribution < 1.29 is 14.1 Å². The number of ether oxygens (including phenoxy) is 1. The second-order valence-corrected chi connectivity index (χ2v) is 4.91. The number of nitrogens with one attached hydrogen (secondary N) is 1. The Morgan fingerprint density at radius 2 is 1.81 bits per heavy atom. The number of hydrogen-bond donors (Lipinski definition) is 1. The number of benzene rings is 1. The molecule has 1 amide bonds. The van der Waals surface area contributed by atoms with Crippen LogP contribution in [0.25, 0.3) is 0 Å². The third kappa shape index (κ3) is 4.60. The van der Waals surface area contributed by atoms with Crippen molar-refractivity contribution in [1.29, 1.82) is 0 Å². The van der Waals surface area contributed by atoms with Crippen LogP contribution in [0.1, 0.15) is 18.9 Å². The van der Waals surface area contributed by atoms with Crippen LogP contribution in [0.2, 0.25) is 0 Å². The van der Waals surface area contributed by atoms with Crippen molar-refractivity contribution in [2.24, 2.45) is 0 Å². The van der Waals surface area contributed by atoms with Gasteiger partial charge in [0.25, 0.3) is 5.91 Å². The molecule has 1 aromatic carbocycles. The van der Waals surface area contributed by atoms with E-state index < -0.39 is 0 Å². The van der Waals surface area contributed by atoms with Gasteiger partial charge in [-0.1, -0.05) is 13.3 Å². The second-order valence-electron chi connectivity index (χ2n) is 4.91. The van der Waals surface area contributed by atoms with E-state index in [0.29, 0.717) is 6.54 Å². The fraction of sp³-hybridized carbons (Fsp3) is 0.294. The number of carbonyl (C=O) groups excluding carboxylic acids is 1. The monoisotopic (exact) mass is 285 g/mol. The van der Waals surface area contributed by atoms with Crippen LogP contribution >= 0.6 is 0 Å². The highest BCUT2D eigenvalue weighted by Crippen LogP contribution is 2.14. The van der Waals surface area contributed by atoms with Gasteiger partial charge in [0.2, 0.25) is 6.54 Å². The van der Waals surface area contributed by atoms with Gasteiger partial charge in [-0.2, -0.15) is 4.57 Å². The zero-order valence-electron chi connectivity index (χ0n) is 12.5. The molecule has 0 atom stereocenters. The molecule has 1 aromatic heterocycles. The predicted molar refractivity (Wildman–Crippen MR) is 82.3 cm³/mol. The molecule has 1 heterocycles. The Balaban J connectivity index is 1.91. The van der Waals surface area contributed by atoms with Gasteiger partial charge in [-0.25, -0.2) is 0 Å². The molecule has 0 aliphatic heterocycles. The van der Waals surface area contributed by atoms with Gasteiger partial charge in [0.1, 0.15) is 5.75 Å². The van der Waals surface area contributed by atoms with Crippen molar-refractivity contribution in [3.05, 3.63) is 54.4 Å². The molecule has 110 valence electrons. The molecule has 0 saturated carbocycles. The molecular formula is C17H21N2O2+. The summed E-state index contributed by atoms with van der Waals surface area (Å²) in [6.45, 7) is 2.46. The van der Waals surface area contributed by atoms with Crippen LogP contribution in [0.3, 0.4) is 0 Å². The SMILES string of the molecule is CCCc1cc[n+](CC(=O)Nc2ccc(OC)cc2)cc1. The summed E-state index contributed by atoms with van der Waals surface area (Å²) in [7, 11) is 1.62. The molecule has 0 saturated heterocycles. The van der Waals surface area contributed by atoms with E-state index in [2.05, 4.69) is 24.4 Å². The third-order valence-electron chi connectivity index (χ3n) is 3.20. The van der Waals surface area contributed by atoms with Crippen molar-refractivity contribution in [2.75, 3.05) is 12.4 Å². The number of rotatable bonds is 6. The minimum Gasteiger partial charge on any atom is -0.497 e. The summed E-state index contributed by atoms with van der Waals surface area (Å²) in [5.74, 6) is 0.724. The second kappa shape index (κ2) is 7.43. The van der Waals surface area contributed by atoms with E-state index in [0.717, 1.165) is 24.3 Å². The fourth-order valence-electron chi connectivity index (χ4n) is 2.09. The lowest BCUT2D eigenvalue weighted by atomic mass is 10.2. The van der Waals surface area contributed by atoms with Crippen molar-refractivity contribution in [3.63, 3.8) is 0 Å². The molecule has 1 N–H and O–H groups in total. The Bertz CT molecular complexity index is 577. The Hall–Kier alpha value is -2.36. The zero-order valence-corrected chi connectivity index (χ0v) is 12.5. The maximum absolute atomic E-state index is 12.0. The van der Waals surface area contributed by atoms with Crippen molar-refractivity contribution >= 4 is 11.6 Å². The smallest absolute Gasteiger partial charge is 0.290 e. The number of pyridine rings is 1. The lowest BCUT2D eigenvalue weighted by Gasteiger charge is -2.05. The summed E-state index contributed by atoms with van der Waals surface area (Å²) >= 11 is 0. The van der Waals surface area contributed by atoms with E-state index in [9.17, 15) is 4.79 Å². The number of amides is 1. The maximum Gasteiger partial charge on any atom is 0.290 e. The Kier molecular flexibility index (Phi) is 5.32. The van der Waals surface area contributed by atoms with Crippen LogP contribution < -0.4 is 14.6 Å². The molecule has 4 nitrogen and oxygen atoms in total. The van der Waals surface area contributed by atoms with Gasteiger partial charge in [-0.15, -0.1) is 0 Å². The molecular weight excluding hydrogens is 264 g/mol. The lowest BCUT2D eigenvalue weighted by molar-refractivity contribution is -0.684. The summed E-state index contributed by atoms with van der Waals surface area (Å²) < 4.78 is 6.96. The van der Waals surface area contributed by atoms with E-state index in [-0.39, 0.29) is 5.91 Å². The first kappa shape index (κ1) is 15.0. The van der Waals surface area contributed by atoms with Gasteiger partial charge in [-0.3, -0.25) is 4.79 Å². The molecule has 21 heavy (non-hydrogen) atoms. The van der Waals surface area contributed by atoms with E-state index in [1.54, 1.807) is 7.11 Å². The number of hydrogen-bond acceptors (Lipinski definition) is 2. The van der Waals surface area contributed by atoms with Crippen LogP contribution in [0.4, 0.5) is 5.69 Å². The van der Waals surface area contributed by atoms with E-state index in [1.807, 2.05) is 41.2 Å². The molecule has 0 aliphatic rings. The quantitative estimate of drug-likeness (QED) is 0.829. The zero-order chi connectivity index (χ0) is 15.1. The molecule has 0 radical (unpaired) electrons. The summed E-state index contributed by atoms with van der Waals surface area (Å²) in [6.07, 6.45) is 6.08. The van der Waals surface area contributed by atoms with Gasteiger partial charge in [-0.05, 0) is 36.2 Å². The molecule has 0 bridgehead atoms. The third-order valence-corrected chi connectivity index (χ3v) is 3.20. The average molecular weight is 285 g/mol. The number of nitrogens with zero attached hydrogens (tertiary/aromatic N) is 1. The first-order valence-electron chi connectivity index (χ1n) is 7.13. The molecule has 4 heteroatoms. The first-order valence-corrected chi connectivity index (χ1v) is 7.13. The summed E-state index contributed by atoms with van der Waals surface area (Å²) in [5, 5.41) is 2.87. The highest BCUT2D eigenvalue weighted by molar-refractivity contribution is 5.89. The van der Waals surface area contributed by atoms with Gasteiger partial charge in [0.05, 0.1) is 7.11 Å². The lowest BCUT2D eigenvalue weighted by Crippen LogP contribution is -2.39. The molecule has 0 aliphatic carbocycles. The van der Waals surface area contributed by atoms with Crippen LogP contribution in [-0.2, 0) is 17.8 Å². The number of methoxy groups -OCH3 is 1. The normalized spacial score (nSPS) is 10.2. The summed E-state index contributed by atoms with van der Waals surface area (Å²) in [6, 6.07) is 11.4.